The third-order valence-electron chi connectivity index (χ3n) is 2.75. The Morgan fingerprint density at radius 2 is 2.08 bits per heavy atom. The Balaban J connectivity index is 2.13. The highest BCUT2D eigenvalue weighted by Gasteiger charge is 2.18. The van der Waals surface area contributed by atoms with E-state index in [1.807, 2.05) is 0 Å². The molecule has 2 nitrogen and oxygen atoms in total. The van der Waals surface area contributed by atoms with E-state index in [1.54, 1.807) is 0 Å². The Hall–Kier alpha value is -0.360. The van der Waals surface area contributed by atoms with Crippen LogP contribution in [-0.2, 0) is 0 Å². The number of nitrogens with zero attached hydrogens (tertiary/aromatic N) is 1. The van der Waals surface area contributed by atoms with E-state index in [4.69, 9.17) is 0 Å². The van der Waals surface area contributed by atoms with Crippen molar-refractivity contribution in [3.63, 3.8) is 0 Å². The van der Waals surface area contributed by atoms with E-state index in [1.165, 1.54) is 43.5 Å². The lowest BCUT2D eigenvalue weighted by atomic mass is 9.86. The fourth-order valence-electron chi connectivity index (χ4n) is 2.05. The molecule has 0 bridgehead atoms. The fourth-order valence-corrected chi connectivity index (χ4v) is 2.79. The summed E-state index contributed by atoms with van der Waals surface area (Å²) in [5.74, 6) is 0.765. The molecule has 1 aliphatic rings. The summed E-state index contributed by atoms with van der Waals surface area (Å²) >= 11 is 0. The zero-order valence-corrected chi connectivity index (χ0v) is 8.40. The molecule has 3 heteroatoms. The Bertz CT molecular complexity index is 251. The second kappa shape index (κ2) is 3.57. The minimum atomic E-state index is 0.765. The van der Waals surface area contributed by atoms with Crippen molar-refractivity contribution < 1.29 is 0 Å². The summed E-state index contributed by atoms with van der Waals surface area (Å²) in [6.45, 7) is 2.15. The van der Waals surface area contributed by atoms with Crippen molar-refractivity contribution in [2.75, 3.05) is 0 Å². The van der Waals surface area contributed by atoms with Crippen molar-refractivity contribution in [3.05, 3.63) is 11.4 Å². The van der Waals surface area contributed by atoms with Gasteiger partial charge < -0.3 is 4.75 Å². The van der Waals surface area contributed by atoms with Gasteiger partial charge in [-0.15, -0.1) is 0 Å². The predicted molar refractivity (Wildman–Crippen MR) is 51.7 cm³/mol. The van der Waals surface area contributed by atoms with E-state index < -0.39 is 0 Å². The summed E-state index contributed by atoms with van der Waals surface area (Å²) in [4.78, 5) is 0. The molecule has 0 saturated heterocycles. The van der Waals surface area contributed by atoms with E-state index in [2.05, 4.69) is 16.4 Å². The number of rotatable bonds is 1. The van der Waals surface area contributed by atoms with Gasteiger partial charge in [-0.25, -0.2) is 4.75 Å². The molecule has 1 aromatic heterocycles. The standard InChI is InChI=1S/C9H15N2P/c1-7-9(11-12-10-7)8-5-3-2-4-6-8/h8H,2-6H2,1H3,(H,10,11). The zero-order valence-electron chi connectivity index (χ0n) is 7.51. The lowest BCUT2D eigenvalue weighted by Crippen LogP contribution is -2.05. The van der Waals surface area contributed by atoms with Crippen molar-refractivity contribution in [1.29, 1.82) is 0 Å². The molecule has 1 aromatic rings. The minimum absolute atomic E-state index is 0.765. The molecule has 0 amide bonds. The highest BCUT2D eigenvalue weighted by molar-refractivity contribution is 7.20. The molecule has 0 radical (unpaired) electrons. The molecule has 1 fully saturated rings. The number of hydrogen-bond donors (Lipinski definition) is 1. The summed E-state index contributed by atoms with van der Waals surface area (Å²) in [7, 11) is 1.04. The molecular formula is C9H15N2P. The molecule has 0 aromatic carbocycles. The average Bonchev–Trinajstić information content (AvgIpc) is 2.53. The Kier molecular flexibility index (Phi) is 2.45. The Morgan fingerprint density at radius 1 is 1.33 bits per heavy atom. The van der Waals surface area contributed by atoms with E-state index in [-0.39, 0.29) is 0 Å². The lowest BCUT2D eigenvalue weighted by molar-refractivity contribution is 0.437. The van der Waals surface area contributed by atoms with Crippen LogP contribution in [-0.4, -0.2) is 9.49 Å². The first-order chi connectivity index (χ1) is 5.88. The number of aromatic nitrogens is 2. The second-order valence-electron chi connectivity index (χ2n) is 3.66. The van der Waals surface area contributed by atoms with Crippen LogP contribution < -0.4 is 0 Å². The Labute approximate surface area is 75.0 Å². The van der Waals surface area contributed by atoms with Crippen LogP contribution in [0.2, 0.25) is 0 Å². The summed E-state index contributed by atoms with van der Waals surface area (Å²) < 4.78 is 7.73. The quantitative estimate of drug-likeness (QED) is 0.708. The van der Waals surface area contributed by atoms with Crippen LogP contribution in [0.4, 0.5) is 0 Å². The molecule has 0 aliphatic heterocycles. The van der Waals surface area contributed by atoms with Gasteiger partial charge >= 0.3 is 0 Å². The third-order valence-corrected chi connectivity index (χ3v) is 3.50. The molecule has 12 heavy (non-hydrogen) atoms. The van der Waals surface area contributed by atoms with E-state index in [9.17, 15) is 0 Å². The zero-order chi connectivity index (χ0) is 8.39. The molecule has 1 heterocycles. The van der Waals surface area contributed by atoms with E-state index >= 15 is 0 Å². The van der Waals surface area contributed by atoms with Gasteiger partial charge in [0.25, 0.3) is 0 Å². The van der Waals surface area contributed by atoms with Crippen LogP contribution in [0.25, 0.3) is 0 Å². The highest BCUT2D eigenvalue weighted by Crippen LogP contribution is 2.33. The van der Waals surface area contributed by atoms with Gasteiger partial charge in [0.15, 0.2) is 0 Å². The molecular weight excluding hydrogens is 167 g/mol. The number of aromatic amines is 1. The summed E-state index contributed by atoms with van der Waals surface area (Å²) in [6, 6.07) is 0. The van der Waals surface area contributed by atoms with Crippen molar-refractivity contribution in [2.24, 2.45) is 0 Å². The van der Waals surface area contributed by atoms with Gasteiger partial charge in [-0.3, -0.25) is 0 Å². The lowest BCUT2D eigenvalue weighted by Gasteiger charge is -2.19. The van der Waals surface area contributed by atoms with Gasteiger partial charge in [-0.05, 0) is 19.8 Å². The van der Waals surface area contributed by atoms with Crippen LogP contribution >= 0.6 is 8.51 Å². The molecule has 0 spiro atoms. The third kappa shape index (κ3) is 1.54. The molecule has 0 unspecified atom stereocenters. The highest BCUT2D eigenvalue weighted by atomic mass is 31.1. The molecule has 1 aliphatic carbocycles. The van der Waals surface area contributed by atoms with Crippen molar-refractivity contribution in [1.82, 2.24) is 9.49 Å². The molecule has 66 valence electrons. The van der Waals surface area contributed by atoms with Gasteiger partial charge in [0.2, 0.25) is 0 Å². The topological polar surface area (TPSA) is 28.7 Å². The first-order valence-electron chi connectivity index (χ1n) is 4.75. The largest absolute Gasteiger partial charge is 0.325 e. The van der Waals surface area contributed by atoms with Gasteiger partial charge in [-0.1, -0.05) is 19.3 Å². The normalized spacial score (nSPS) is 20.4. The summed E-state index contributed by atoms with van der Waals surface area (Å²) in [5, 5.41) is 0. The summed E-state index contributed by atoms with van der Waals surface area (Å²) in [5.41, 5.74) is 2.67. The molecule has 2 rings (SSSR count). The smallest absolute Gasteiger partial charge is 0.129 e. The van der Waals surface area contributed by atoms with Crippen LogP contribution in [0.1, 0.15) is 49.4 Å². The maximum atomic E-state index is 4.48. The van der Waals surface area contributed by atoms with Crippen LogP contribution in [0.15, 0.2) is 0 Å². The van der Waals surface area contributed by atoms with Gasteiger partial charge in [-0.2, -0.15) is 0 Å². The first-order valence-corrected chi connectivity index (χ1v) is 5.60. The number of nitrogens with one attached hydrogen (secondary N) is 1. The molecule has 1 N–H and O–H groups in total. The Morgan fingerprint density at radius 3 is 2.67 bits per heavy atom. The maximum absolute atomic E-state index is 4.48. The van der Waals surface area contributed by atoms with Crippen molar-refractivity contribution in [2.45, 2.75) is 44.9 Å². The van der Waals surface area contributed by atoms with Gasteiger partial charge in [0, 0.05) is 11.6 Å². The number of aryl methyl sites for hydroxylation is 1. The van der Waals surface area contributed by atoms with Crippen molar-refractivity contribution in [3.8, 4) is 0 Å². The van der Waals surface area contributed by atoms with Crippen molar-refractivity contribution >= 4 is 8.51 Å². The molecule has 1 saturated carbocycles. The summed E-state index contributed by atoms with van der Waals surface area (Å²) in [6.07, 6.45) is 6.93. The monoisotopic (exact) mass is 182 g/mol. The average molecular weight is 182 g/mol. The van der Waals surface area contributed by atoms with Crippen LogP contribution in [0.5, 0.6) is 0 Å². The number of hydrogen-bond acceptors (Lipinski definition) is 1. The fraction of sp³-hybridized carbons (Fsp3) is 0.778. The number of H-pyrrole nitrogens is 1. The molecule has 0 atom stereocenters. The first kappa shape index (κ1) is 8.25. The van der Waals surface area contributed by atoms with E-state index in [0.29, 0.717) is 0 Å². The van der Waals surface area contributed by atoms with Gasteiger partial charge in [0.05, 0.1) is 5.69 Å². The van der Waals surface area contributed by atoms with Crippen LogP contribution in [0.3, 0.4) is 0 Å². The van der Waals surface area contributed by atoms with Crippen LogP contribution in [0, 0.1) is 6.92 Å². The van der Waals surface area contributed by atoms with Gasteiger partial charge in [0.1, 0.15) is 8.51 Å². The predicted octanol–water partition coefficient (Wildman–Crippen LogP) is 3.35. The minimum Gasteiger partial charge on any atom is -0.325 e. The second-order valence-corrected chi connectivity index (χ2v) is 4.28. The van der Waals surface area contributed by atoms with E-state index in [0.717, 1.165) is 14.4 Å². The maximum Gasteiger partial charge on any atom is 0.129 e. The SMILES string of the molecule is Cc1[nH]pnc1C1CCCCC1.